The van der Waals surface area contributed by atoms with Crippen LogP contribution in [0.2, 0.25) is 18.1 Å². The van der Waals surface area contributed by atoms with Crippen LogP contribution in [0.15, 0.2) is 12.7 Å². The summed E-state index contributed by atoms with van der Waals surface area (Å²) in [6.45, 7) is 18.6. The van der Waals surface area contributed by atoms with Crippen molar-refractivity contribution in [2.45, 2.75) is 64.5 Å². The van der Waals surface area contributed by atoms with E-state index in [-0.39, 0.29) is 24.0 Å². The molecular weight excluding hydrogens is 284 g/mol. The van der Waals surface area contributed by atoms with Gasteiger partial charge in [0.25, 0.3) is 0 Å². The monoisotopic (exact) mass is 318 g/mol. The largest absolute Gasteiger partial charge is 0.414 e. The van der Waals surface area contributed by atoms with Crippen molar-refractivity contribution in [1.29, 1.82) is 0 Å². The number of rotatable bonds is 11. The van der Waals surface area contributed by atoms with E-state index in [1.54, 1.807) is 7.11 Å². The fourth-order valence-corrected chi connectivity index (χ4v) is 3.08. The van der Waals surface area contributed by atoms with Crippen molar-refractivity contribution >= 4 is 8.32 Å². The second-order valence-electron chi connectivity index (χ2n) is 6.88. The molecule has 0 bridgehead atoms. The first-order valence-corrected chi connectivity index (χ1v) is 10.5. The zero-order chi connectivity index (χ0) is 16.5. The van der Waals surface area contributed by atoms with Crippen LogP contribution in [0, 0.1) is 0 Å². The van der Waals surface area contributed by atoms with Crippen LogP contribution in [0.3, 0.4) is 0 Å². The predicted molar refractivity (Wildman–Crippen MR) is 90.1 cm³/mol. The van der Waals surface area contributed by atoms with Crippen molar-refractivity contribution in [1.82, 2.24) is 0 Å². The second kappa shape index (κ2) is 9.74. The lowest BCUT2D eigenvalue weighted by Gasteiger charge is -2.39. The van der Waals surface area contributed by atoms with Crippen LogP contribution in [0.4, 0.5) is 0 Å². The molecule has 0 fully saturated rings. The van der Waals surface area contributed by atoms with E-state index in [2.05, 4.69) is 47.4 Å². The highest BCUT2D eigenvalue weighted by Gasteiger charge is 2.38. The van der Waals surface area contributed by atoms with Crippen molar-refractivity contribution in [3.05, 3.63) is 12.7 Å². The zero-order valence-electron chi connectivity index (χ0n) is 14.9. The Labute approximate surface area is 131 Å². The van der Waals surface area contributed by atoms with E-state index in [9.17, 15) is 0 Å². The third kappa shape index (κ3) is 8.73. The van der Waals surface area contributed by atoms with Gasteiger partial charge in [0, 0.05) is 19.6 Å². The van der Waals surface area contributed by atoms with E-state index in [4.69, 9.17) is 18.6 Å². The molecule has 0 aliphatic heterocycles. The molecule has 0 rings (SSSR count). The third-order valence-corrected chi connectivity index (χ3v) is 8.53. The lowest BCUT2D eigenvalue weighted by molar-refractivity contribution is -0.0914. The molecule has 0 saturated heterocycles. The highest BCUT2D eigenvalue weighted by Crippen LogP contribution is 2.37. The lowest BCUT2D eigenvalue weighted by atomic mass is 10.2. The van der Waals surface area contributed by atoms with E-state index < -0.39 is 8.32 Å². The first-order valence-electron chi connectivity index (χ1n) is 7.62. The summed E-state index contributed by atoms with van der Waals surface area (Å²) in [5.74, 6) is 0. The van der Waals surface area contributed by atoms with Gasteiger partial charge >= 0.3 is 0 Å². The number of hydrogen-bond acceptors (Lipinski definition) is 4. The van der Waals surface area contributed by atoms with Gasteiger partial charge in [-0.25, -0.2) is 0 Å². The highest BCUT2D eigenvalue weighted by molar-refractivity contribution is 6.74. The molecule has 0 radical (unpaired) electrons. The molecule has 0 N–H and O–H groups in total. The van der Waals surface area contributed by atoms with Crippen LogP contribution >= 0.6 is 0 Å². The first kappa shape index (κ1) is 20.8. The number of methoxy groups -OCH3 is 1. The van der Waals surface area contributed by atoms with Crippen molar-refractivity contribution in [3.8, 4) is 0 Å². The Kier molecular flexibility index (Phi) is 9.65. The maximum atomic E-state index is 6.33. The summed E-state index contributed by atoms with van der Waals surface area (Å²) < 4.78 is 22.2. The molecule has 0 saturated carbocycles. The molecule has 126 valence electrons. The molecule has 4 nitrogen and oxygen atoms in total. The Morgan fingerprint density at radius 3 is 2.29 bits per heavy atom. The molecule has 0 aliphatic rings. The second-order valence-corrected chi connectivity index (χ2v) is 11.6. The van der Waals surface area contributed by atoms with Gasteiger partial charge in [0.05, 0.1) is 19.3 Å². The minimum atomic E-state index is -1.73. The Morgan fingerprint density at radius 2 is 1.81 bits per heavy atom. The van der Waals surface area contributed by atoms with Crippen LogP contribution in [0.25, 0.3) is 0 Å². The summed E-state index contributed by atoms with van der Waals surface area (Å²) in [6.07, 6.45) is 2.70. The Balaban J connectivity index is 4.15. The van der Waals surface area contributed by atoms with Crippen molar-refractivity contribution < 1.29 is 18.6 Å². The van der Waals surface area contributed by atoms with Crippen LogP contribution in [0.1, 0.15) is 34.1 Å². The molecule has 0 aromatic carbocycles. The molecule has 0 aromatic rings. The van der Waals surface area contributed by atoms with Gasteiger partial charge in [-0.1, -0.05) is 26.8 Å². The summed E-state index contributed by atoms with van der Waals surface area (Å²) in [6, 6.07) is 0. The summed E-state index contributed by atoms with van der Waals surface area (Å²) >= 11 is 0. The van der Waals surface area contributed by atoms with Gasteiger partial charge in [0.1, 0.15) is 6.79 Å². The van der Waals surface area contributed by atoms with Gasteiger partial charge in [-0.05, 0) is 25.1 Å². The summed E-state index contributed by atoms with van der Waals surface area (Å²) in [5, 5.41) is 0.217. The van der Waals surface area contributed by atoms with E-state index in [0.717, 1.165) is 6.42 Å². The van der Waals surface area contributed by atoms with E-state index in [0.29, 0.717) is 13.2 Å². The zero-order valence-corrected chi connectivity index (χ0v) is 15.9. The maximum absolute atomic E-state index is 6.33. The number of ether oxygens (including phenoxy) is 3. The van der Waals surface area contributed by atoms with E-state index in [1.165, 1.54) is 0 Å². The Morgan fingerprint density at radius 1 is 1.19 bits per heavy atom. The maximum Gasteiger partial charge on any atom is 0.192 e. The van der Waals surface area contributed by atoms with Gasteiger partial charge in [0.15, 0.2) is 8.32 Å². The van der Waals surface area contributed by atoms with Gasteiger partial charge < -0.3 is 18.6 Å². The quantitative estimate of drug-likeness (QED) is 0.250. The van der Waals surface area contributed by atoms with Gasteiger partial charge in [-0.2, -0.15) is 0 Å². The smallest absolute Gasteiger partial charge is 0.192 e. The van der Waals surface area contributed by atoms with Gasteiger partial charge in [-0.15, -0.1) is 6.58 Å². The van der Waals surface area contributed by atoms with Gasteiger partial charge in [-0.3, -0.25) is 0 Å². The Hall–Kier alpha value is -0.203. The SMILES string of the molecule is C=C[C@H](C[C@@H](C)O[Si](C)(C)C(C)(C)C)OCOCCOC. The normalized spacial score (nSPS) is 15.8. The molecule has 0 amide bonds. The van der Waals surface area contributed by atoms with Crippen LogP contribution < -0.4 is 0 Å². The van der Waals surface area contributed by atoms with Crippen LogP contribution in [-0.2, 0) is 18.6 Å². The summed E-state index contributed by atoms with van der Waals surface area (Å²) in [7, 11) is -0.0846. The molecule has 0 aromatic heterocycles. The van der Waals surface area contributed by atoms with Crippen molar-refractivity contribution in [2.75, 3.05) is 27.1 Å². The summed E-state index contributed by atoms with van der Waals surface area (Å²) in [4.78, 5) is 0. The average molecular weight is 319 g/mol. The molecule has 0 spiro atoms. The fourth-order valence-electron chi connectivity index (χ4n) is 1.62. The molecule has 21 heavy (non-hydrogen) atoms. The standard InChI is InChI=1S/C16H34O4Si/c1-9-15(19-13-18-11-10-17-6)12-14(2)20-21(7,8)16(3,4)5/h9,14-15H,1,10-13H2,2-8H3/t14-,15-/m1/s1. The third-order valence-electron chi connectivity index (χ3n) is 3.93. The number of hydrogen-bond donors (Lipinski definition) is 0. The molecule has 0 aliphatic carbocycles. The van der Waals surface area contributed by atoms with E-state index in [1.807, 2.05) is 6.08 Å². The summed E-state index contributed by atoms with van der Waals surface area (Å²) in [5.41, 5.74) is 0. The highest BCUT2D eigenvalue weighted by atomic mass is 28.4. The van der Waals surface area contributed by atoms with Gasteiger partial charge in [0.2, 0.25) is 0 Å². The minimum absolute atomic E-state index is 0.0488. The fraction of sp³-hybridized carbons (Fsp3) is 0.875. The predicted octanol–water partition coefficient (Wildman–Crippen LogP) is 3.98. The lowest BCUT2D eigenvalue weighted by Crippen LogP contribution is -2.44. The molecule has 5 heteroatoms. The minimum Gasteiger partial charge on any atom is -0.414 e. The molecule has 2 atom stereocenters. The topological polar surface area (TPSA) is 36.9 Å². The molecular formula is C16H34O4Si. The Bertz CT molecular complexity index is 286. The average Bonchev–Trinajstić information content (AvgIpc) is 2.35. The first-order chi connectivity index (χ1) is 9.64. The molecule has 0 unspecified atom stereocenters. The van der Waals surface area contributed by atoms with Crippen molar-refractivity contribution in [3.63, 3.8) is 0 Å². The van der Waals surface area contributed by atoms with Crippen LogP contribution in [-0.4, -0.2) is 47.6 Å². The van der Waals surface area contributed by atoms with Crippen molar-refractivity contribution in [2.24, 2.45) is 0 Å². The van der Waals surface area contributed by atoms with E-state index >= 15 is 0 Å². The van der Waals surface area contributed by atoms with Crippen LogP contribution in [0.5, 0.6) is 0 Å². The molecule has 0 heterocycles.